The molecule has 1 aromatic carbocycles. The molecule has 0 saturated carbocycles. The van der Waals surface area contributed by atoms with Crippen LogP contribution >= 0.6 is 34.8 Å². The highest BCUT2D eigenvalue weighted by Gasteiger charge is 2.10. The summed E-state index contributed by atoms with van der Waals surface area (Å²) in [6, 6.07) is 6.13. The lowest BCUT2D eigenvalue weighted by Gasteiger charge is -2.06. The minimum Gasteiger partial charge on any atom is -0.392 e. The van der Waals surface area contributed by atoms with E-state index in [1.54, 1.807) is 18.2 Å². The Bertz CT molecular complexity index is 581. The average molecular weight is 307 g/mol. The number of nitrogens with zero attached hydrogens (tertiary/aromatic N) is 1. The van der Waals surface area contributed by atoms with Crippen LogP contribution < -0.4 is 0 Å². The summed E-state index contributed by atoms with van der Waals surface area (Å²) in [6.45, 7) is -0.402. The van der Waals surface area contributed by atoms with E-state index < -0.39 is 12.6 Å². The summed E-state index contributed by atoms with van der Waals surface area (Å²) in [5.41, 5.74) is 1.05. The second-order valence-corrected chi connectivity index (χ2v) is 4.75. The van der Waals surface area contributed by atoms with Crippen LogP contribution in [-0.4, -0.2) is 10.1 Å². The van der Waals surface area contributed by atoms with E-state index in [9.17, 15) is 4.39 Å². The van der Waals surface area contributed by atoms with Gasteiger partial charge in [-0.3, -0.25) is 0 Å². The third kappa shape index (κ3) is 2.59. The Morgan fingerprint density at radius 1 is 1.11 bits per heavy atom. The van der Waals surface area contributed by atoms with Crippen LogP contribution in [0.1, 0.15) is 5.56 Å². The summed E-state index contributed by atoms with van der Waals surface area (Å²) in [6.07, 6.45) is 0. The lowest BCUT2D eigenvalue weighted by molar-refractivity contribution is 0.274. The van der Waals surface area contributed by atoms with E-state index in [0.717, 1.165) is 0 Å². The molecule has 1 aromatic heterocycles. The molecule has 0 fully saturated rings. The second kappa shape index (κ2) is 5.41. The molecule has 0 bridgehead atoms. The van der Waals surface area contributed by atoms with Gasteiger partial charge in [0.05, 0.1) is 27.4 Å². The number of hydrogen-bond donors (Lipinski definition) is 1. The monoisotopic (exact) mass is 305 g/mol. The molecule has 0 amide bonds. The molecule has 0 saturated heterocycles. The van der Waals surface area contributed by atoms with E-state index in [1.807, 2.05) is 0 Å². The van der Waals surface area contributed by atoms with Gasteiger partial charge in [0.1, 0.15) is 0 Å². The Labute approximate surface area is 118 Å². The first kappa shape index (κ1) is 13.6. The summed E-state index contributed by atoms with van der Waals surface area (Å²) in [7, 11) is 0. The first-order valence-electron chi connectivity index (χ1n) is 4.94. The van der Waals surface area contributed by atoms with E-state index in [1.165, 1.54) is 6.07 Å². The van der Waals surface area contributed by atoms with Crippen LogP contribution in [0, 0.1) is 5.95 Å². The molecule has 0 unspecified atom stereocenters. The highest BCUT2D eigenvalue weighted by Crippen LogP contribution is 2.34. The minimum atomic E-state index is -0.725. The molecular weight excluding hydrogens is 299 g/mol. The maximum atomic E-state index is 13.5. The first-order valence-corrected chi connectivity index (χ1v) is 6.07. The van der Waals surface area contributed by atoms with Gasteiger partial charge in [-0.25, -0.2) is 4.98 Å². The number of aromatic nitrogens is 1. The van der Waals surface area contributed by atoms with Crippen molar-refractivity contribution < 1.29 is 9.50 Å². The molecule has 2 aromatic rings. The fourth-order valence-electron chi connectivity index (χ4n) is 1.45. The van der Waals surface area contributed by atoms with Crippen LogP contribution in [0.3, 0.4) is 0 Å². The number of rotatable bonds is 2. The maximum Gasteiger partial charge on any atom is 0.218 e. The molecule has 18 heavy (non-hydrogen) atoms. The molecule has 6 heteroatoms. The molecular formula is C12H7Cl3FNO. The summed E-state index contributed by atoms with van der Waals surface area (Å²) < 4.78 is 13.5. The minimum absolute atomic E-state index is 0.130. The van der Waals surface area contributed by atoms with Crippen molar-refractivity contribution in [2.24, 2.45) is 0 Å². The van der Waals surface area contributed by atoms with Crippen LogP contribution in [0.15, 0.2) is 24.3 Å². The molecule has 0 aliphatic heterocycles. The van der Waals surface area contributed by atoms with Gasteiger partial charge in [0.2, 0.25) is 5.95 Å². The SMILES string of the molecule is OCc1ccc(-c2cc(Cl)c(Cl)c(Cl)c2)nc1F. The zero-order valence-electron chi connectivity index (χ0n) is 8.92. The molecule has 0 radical (unpaired) electrons. The Morgan fingerprint density at radius 2 is 1.72 bits per heavy atom. The zero-order chi connectivity index (χ0) is 13.3. The fraction of sp³-hybridized carbons (Fsp3) is 0.0833. The fourth-order valence-corrected chi connectivity index (χ4v) is 2.04. The first-order chi connectivity index (χ1) is 8.52. The summed E-state index contributed by atoms with van der Waals surface area (Å²) >= 11 is 17.6. The van der Waals surface area contributed by atoms with E-state index in [0.29, 0.717) is 11.3 Å². The van der Waals surface area contributed by atoms with Crippen LogP contribution in [0.5, 0.6) is 0 Å². The van der Waals surface area contributed by atoms with Gasteiger partial charge in [-0.05, 0) is 24.3 Å². The van der Waals surface area contributed by atoms with Gasteiger partial charge in [0.15, 0.2) is 0 Å². The smallest absolute Gasteiger partial charge is 0.218 e. The Balaban J connectivity index is 2.52. The molecule has 1 N–H and O–H groups in total. The summed E-state index contributed by atoms with van der Waals surface area (Å²) in [5, 5.41) is 9.65. The topological polar surface area (TPSA) is 33.1 Å². The van der Waals surface area contributed by atoms with E-state index in [4.69, 9.17) is 39.9 Å². The molecule has 1 heterocycles. The van der Waals surface area contributed by atoms with Crippen molar-refractivity contribution in [2.45, 2.75) is 6.61 Å². The number of aliphatic hydroxyl groups is 1. The van der Waals surface area contributed by atoms with Gasteiger partial charge in [0.25, 0.3) is 0 Å². The van der Waals surface area contributed by atoms with Gasteiger partial charge in [-0.1, -0.05) is 34.8 Å². The highest BCUT2D eigenvalue weighted by molar-refractivity contribution is 6.48. The van der Waals surface area contributed by atoms with Crippen LogP contribution in [0.25, 0.3) is 11.3 Å². The third-order valence-electron chi connectivity index (χ3n) is 2.38. The molecule has 94 valence electrons. The van der Waals surface area contributed by atoms with Gasteiger partial charge >= 0.3 is 0 Å². The summed E-state index contributed by atoms with van der Waals surface area (Å²) in [5.74, 6) is -0.725. The lowest BCUT2D eigenvalue weighted by Crippen LogP contribution is -1.95. The Hall–Kier alpha value is -0.870. The van der Waals surface area contributed by atoms with Crippen LogP contribution in [-0.2, 0) is 6.61 Å². The molecule has 0 aliphatic carbocycles. The standard InChI is InChI=1S/C12H7Cl3FNO/c13-8-3-7(4-9(14)11(8)15)10-2-1-6(5-18)12(16)17-10/h1-4,18H,5H2. The van der Waals surface area contributed by atoms with E-state index >= 15 is 0 Å². The van der Waals surface area contributed by atoms with Crippen molar-refractivity contribution in [2.75, 3.05) is 0 Å². The summed E-state index contributed by atoms with van der Waals surface area (Å²) in [4.78, 5) is 3.74. The molecule has 2 nitrogen and oxygen atoms in total. The Morgan fingerprint density at radius 3 is 2.22 bits per heavy atom. The van der Waals surface area contributed by atoms with Crippen molar-refractivity contribution in [3.63, 3.8) is 0 Å². The van der Waals surface area contributed by atoms with E-state index in [2.05, 4.69) is 4.98 Å². The Kier molecular flexibility index (Phi) is 4.07. The van der Waals surface area contributed by atoms with Crippen LogP contribution in [0.2, 0.25) is 15.1 Å². The number of benzene rings is 1. The van der Waals surface area contributed by atoms with Gasteiger partial charge in [-0.15, -0.1) is 0 Å². The largest absolute Gasteiger partial charge is 0.392 e. The van der Waals surface area contributed by atoms with E-state index in [-0.39, 0.29) is 20.6 Å². The number of aliphatic hydroxyl groups excluding tert-OH is 1. The number of hydrogen-bond acceptors (Lipinski definition) is 2. The van der Waals surface area contributed by atoms with Crippen molar-refractivity contribution >= 4 is 34.8 Å². The average Bonchev–Trinajstić information content (AvgIpc) is 2.35. The normalized spacial score (nSPS) is 10.7. The van der Waals surface area contributed by atoms with Gasteiger partial charge in [0, 0.05) is 11.1 Å². The van der Waals surface area contributed by atoms with Crippen molar-refractivity contribution in [1.29, 1.82) is 0 Å². The van der Waals surface area contributed by atoms with Gasteiger partial charge < -0.3 is 5.11 Å². The molecule has 0 atom stereocenters. The number of halogens is 4. The van der Waals surface area contributed by atoms with Crippen molar-refractivity contribution in [3.8, 4) is 11.3 Å². The number of pyridine rings is 1. The quantitative estimate of drug-likeness (QED) is 0.661. The molecule has 0 aliphatic rings. The maximum absolute atomic E-state index is 13.5. The van der Waals surface area contributed by atoms with Crippen LogP contribution in [0.4, 0.5) is 4.39 Å². The molecule has 2 rings (SSSR count). The zero-order valence-corrected chi connectivity index (χ0v) is 11.2. The highest BCUT2D eigenvalue weighted by atomic mass is 35.5. The van der Waals surface area contributed by atoms with Gasteiger partial charge in [-0.2, -0.15) is 4.39 Å². The predicted octanol–water partition coefficient (Wildman–Crippen LogP) is 4.34. The van der Waals surface area contributed by atoms with Crippen molar-refractivity contribution in [1.82, 2.24) is 4.98 Å². The molecule has 0 spiro atoms. The predicted molar refractivity (Wildman–Crippen MR) is 70.6 cm³/mol. The second-order valence-electron chi connectivity index (χ2n) is 3.56. The lowest BCUT2D eigenvalue weighted by atomic mass is 10.1. The van der Waals surface area contributed by atoms with Crippen molar-refractivity contribution in [3.05, 3.63) is 50.8 Å². The third-order valence-corrected chi connectivity index (χ3v) is 3.57.